The first kappa shape index (κ1) is 11.7. The van der Waals surface area contributed by atoms with Crippen molar-refractivity contribution in [2.24, 2.45) is 10.8 Å². The van der Waals surface area contributed by atoms with Gasteiger partial charge in [0, 0.05) is 6.42 Å². The second-order valence-electron chi connectivity index (χ2n) is 5.61. The van der Waals surface area contributed by atoms with Crippen LogP contribution in [-0.2, 0) is 4.79 Å². The monoisotopic (exact) mass is 170 g/mol. The quantitative estimate of drug-likeness (QED) is 0.591. The lowest BCUT2D eigenvalue weighted by Gasteiger charge is -2.31. The van der Waals surface area contributed by atoms with Gasteiger partial charge in [-0.25, -0.2) is 0 Å². The van der Waals surface area contributed by atoms with Crippen LogP contribution in [0.1, 0.15) is 53.9 Å². The predicted octanol–water partition coefficient (Wildman–Crippen LogP) is 3.43. The molecule has 0 fully saturated rings. The van der Waals surface area contributed by atoms with Gasteiger partial charge in [0.2, 0.25) is 0 Å². The van der Waals surface area contributed by atoms with Crippen molar-refractivity contribution in [3.05, 3.63) is 0 Å². The molecule has 0 atom stereocenters. The van der Waals surface area contributed by atoms with Gasteiger partial charge in [-0.05, 0) is 23.7 Å². The summed E-state index contributed by atoms with van der Waals surface area (Å²) in [5, 5.41) is 0. The Balaban J connectivity index is 3.94. The van der Waals surface area contributed by atoms with Gasteiger partial charge in [-0.15, -0.1) is 0 Å². The lowest BCUT2D eigenvalue weighted by molar-refractivity contribution is -0.108. The molecule has 0 aliphatic heterocycles. The average molecular weight is 170 g/mol. The third-order valence-electron chi connectivity index (χ3n) is 1.95. The molecule has 0 saturated heterocycles. The van der Waals surface area contributed by atoms with Gasteiger partial charge >= 0.3 is 0 Å². The van der Waals surface area contributed by atoms with Crippen LogP contribution < -0.4 is 0 Å². The van der Waals surface area contributed by atoms with E-state index >= 15 is 0 Å². The Morgan fingerprint density at radius 2 is 1.58 bits per heavy atom. The Morgan fingerprint density at radius 1 is 1.08 bits per heavy atom. The van der Waals surface area contributed by atoms with Crippen LogP contribution >= 0.6 is 0 Å². The van der Waals surface area contributed by atoms with Crippen LogP contribution in [0.2, 0.25) is 0 Å². The zero-order valence-corrected chi connectivity index (χ0v) is 9.11. The molecule has 0 aromatic carbocycles. The van der Waals surface area contributed by atoms with Crippen molar-refractivity contribution in [2.75, 3.05) is 0 Å². The SMILES string of the molecule is CC(C)(C)CC(C)(C)CCC=O. The molecule has 12 heavy (non-hydrogen) atoms. The lowest BCUT2D eigenvalue weighted by Crippen LogP contribution is -2.20. The number of rotatable bonds is 4. The van der Waals surface area contributed by atoms with Crippen LogP contribution in [-0.4, -0.2) is 6.29 Å². The second kappa shape index (κ2) is 4.06. The minimum Gasteiger partial charge on any atom is -0.303 e. The summed E-state index contributed by atoms with van der Waals surface area (Å²) in [5.74, 6) is 0. The Kier molecular flexibility index (Phi) is 3.95. The van der Waals surface area contributed by atoms with Crippen molar-refractivity contribution >= 4 is 6.29 Å². The van der Waals surface area contributed by atoms with Gasteiger partial charge in [-0.1, -0.05) is 34.6 Å². The summed E-state index contributed by atoms with van der Waals surface area (Å²) in [4.78, 5) is 10.2. The standard InChI is InChI=1S/C11H22O/c1-10(2,3)9-11(4,5)7-6-8-12/h8H,6-7,9H2,1-5H3. The maximum absolute atomic E-state index is 10.2. The Bertz CT molecular complexity index is 140. The summed E-state index contributed by atoms with van der Waals surface area (Å²) in [5.41, 5.74) is 0.672. The van der Waals surface area contributed by atoms with Gasteiger partial charge in [0.05, 0.1) is 0 Å². The van der Waals surface area contributed by atoms with E-state index in [9.17, 15) is 4.79 Å². The van der Waals surface area contributed by atoms with E-state index < -0.39 is 0 Å². The number of hydrogen-bond acceptors (Lipinski definition) is 1. The zero-order valence-electron chi connectivity index (χ0n) is 9.11. The van der Waals surface area contributed by atoms with E-state index in [1.165, 1.54) is 6.42 Å². The zero-order chi connectivity index (χ0) is 9.83. The Labute approximate surface area is 76.6 Å². The fraction of sp³-hybridized carbons (Fsp3) is 0.909. The molecule has 0 aliphatic carbocycles. The highest BCUT2D eigenvalue weighted by atomic mass is 16.1. The van der Waals surface area contributed by atoms with E-state index in [2.05, 4.69) is 34.6 Å². The van der Waals surface area contributed by atoms with E-state index in [0.29, 0.717) is 17.3 Å². The maximum Gasteiger partial charge on any atom is 0.120 e. The fourth-order valence-corrected chi connectivity index (χ4v) is 1.97. The minimum atomic E-state index is 0.305. The normalized spacial score (nSPS) is 13.1. The minimum absolute atomic E-state index is 0.305. The molecule has 72 valence electrons. The molecule has 0 saturated carbocycles. The van der Waals surface area contributed by atoms with E-state index in [4.69, 9.17) is 0 Å². The van der Waals surface area contributed by atoms with E-state index in [-0.39, 0.29) is 0 Å². The topological polar surface area (TPSA) is 17.1 Å². The molecule has 0 spiro atoms. The van der Waals surface area contributed by atoms with E-state index in [1.54, 1.807) is 0 Å². The first-order valence-corrected chi connectivity index (χ1v) is 4.70. The summed E-state index contributed by atoms with van der Waals surface area (Å²) in [6, 6.07) is 0. The fourth-order valence-electron chi connectivity index (χ4n) is 1.97. The number of carbonyl (C=O) groups excluding carboxylic acids is 1. The second-order valence-corrected chi connectivity index (χ2v) is 5.61. The summed E-state index contributed by atoms with van der Waals surface area (Å²) in [7, 11) is 0. The van der Waals surface area contributed by atoms with Crippen LogP contribution in [0.15, 0.2) is 0 Å². The van der Waals surface area contributed by atoms with Crippen molar-refractivity contribution in [1.29, 1.82) is 0 Å². The highest BCUT2D eigenvalue weighted by molar-refractivity contribution is 5.49. The number of aldehydes is 1. The third-order valence-corrected chi connectivity index (χ3v) is 1.95. The molecule has 0 N–H and O–H groups in total. The molecule has 0 aromatic rings. The van der Waals surface area contributed by atoms with E-state index in [1.807, 2.05) is 0 Å². The Hall–Kier alpha value is -0.330. The van der Waals surface area contributed by atoms with Gasteiger partial charge < -0.3 is 4.79 Å². The summed E-state index contributed by atoms with van der Waals surface area (Å²) >= 11 is 0. The van der Waals surface area contributed by atoms with Crippen LogP contribution in [0.4, 0.5) is 0 Å². The van der Waals surface area contributed by atoms with Gasteiger partial charge in [0.15, 0.2) is 0 Å². The summed E-state index contributed by atoms with van der Waals surface area (Å²) < 4.78 is 0. The summed E-state index contributed by atoms with van der Waals surface area (Å²) in [6.45, 7) is 11.2. The van der Waals surface area contributed by atoms with Crippen molar-refractivity contribution < 1.29 is 4.79 Å². The first-order chi connectivity index (χ1) is 5.27. The van der Waals surface area contributed by atoms with Crippen molar-refractivity contribution in [2.45, 2.75) is 53.9 Å². The highest BCUT2D eigenvalue weighted by Crippen LogP contribution is 2.36. The molecule has 0 radical (unpaired) electrons. The molecular formula is C11H22O. The lowest BCUT2D eigenvalue weighted by atomic mass is 9.74. The molecule has 0 aromatic heterocycles. The van der Waals surface area contributed by atoms with Gasteiger partial charge in [0.1, 0.15) is 6.29 Å². The largest absolute Gasteiger partial charge is 0.303 e. The maximum atomic E-state index is 10.2. The van der Waals surface area contributed by atoms with Gasteiger partial charge in [0.25, 0.3) is 0 Å². The number of hydrogen-bond donors (Lipinski definition) is 0. The molecular weight excluding hydrogens is 148 g/mol. The van der Waals surface area contributed by atoms with Crippen molar-refractivity contribution in [3.8, 4) is 0 Å². The van der Waals surface area contributed by atoms with Crippen LogP contribution in [0.5, 0.6) is 0 Å². The van der Waals surface area contributed by atoms with Crippen molar-refractivity contribution in [1.82, 2.24) is 0 Å². The number of carbonyl (C=O) groups is 1. The highest BCUT2D eigenvalue weighted by Gasteiger charge is 2.24. The van der Waals surface area contributed by atoms with Crippen molar-refractivity contribution in [3.63, 3.8) is 0 Å². The Morgan fingerprint density at radius 3 is 1.92 bits per heavy atom. The smallest absolute Gasteiger partial charge is 0.120 e. The van der Waals surface area contributed by atoms with Gasteiger partial charge in [-0.3, -0.25) is 0 Å². The summed E-state index contributed by atoms with van der Waals surface area (Å²) in [6.07, 6.45) is 3.90. The van der Waals surface area contributed by atoms with Crippen LogP contribution in [0.25, 0.3) is 0 Å². The molecule has 0 rings (SSSR count). The molecule has 0 unspecified atom stereocenters. The molecule has 0 amide bonds. The van der Waals surface area contributed by atoms with E-state index in [0.717, 1.165) is 12.7 Å². The molecule has 0 heterocycles. The predicted molar refractivity (Wildman–Crippen MR) is 53.2 cm³/mol. The van der Waals surface area contributed by atoms with Gasteiger partial charge in [-0.2, -0.15) is 0 Å². The molecule has 0 aliphatic rings. The molecule has 1 heteroatoms. The molecule has 0 bridgehead atoms. The first-order valence-electron chi connectivity index (χ1n) is 4.70. The van der Waals surface area contributed by atoms with Crippen LogP contribution in [0, 0.1) is 10.8 Å². The molecule has 1 nitrogen and oxygen atoms in total. The van der Waals surface area contributed by atoms with Crippen LogP contribution in [0.3, 0.4) is 0 Å². The average Bonchev–Trinajstić information content (AvgIpc) is 1.78. The third kappa shape index (κ3) is 6.38.